The number of carbonyl (C=O) groups is 1. The maximum atomic E-state index is 12.0. The zero-order valence-corrected chi connectivity index (χ0v) is 12.8. The molecule has 2 atom stereocenters. The van der Waals surface area contributed by atoms with Crippen molar-refractivity contribution in [2.45, 2.75) is 25.9 Å². The lowest BCUT2D eigenvalue weighted by Gasteiger charge is -2.38. The first-order chi connectivity index (χ1) is 9.13. The smallest absolute Gasteiger partial charge is 0.324 e. The maximum Gasteiger partial charge on any atom is 0.324 e. The predicted molar refractivity (Wildman–Crippen MR) is 77.7 cm³/mol. The van der Waals surface area contributed by atoms with Gasteiger partial charge in [-0.3, -0.25) is 9.69 Å². The van der Waals surface area contributed by atoms with Crippen molar-refractivity contribution in [2.24, 2.45) is 0 Å². The second-order valence-corrected chi connectivity index (χ2v) is 6.11. The van der Waals surface area contributed by atoms with Crippen molar-refractivity contribution in [3.63, 3.8) is 0 Å². The van der Waals surface area contributed by atoms with Crippen molar-refractivity contribution in [2.75, 3.05) is 26.2 Å². The van der Waals surface area contributed by atoms with E-state index in [-0.39, 0.29) is 18.1 Å². The Balaban J connectivity index is 2.12. The number of piperazine rings is 1. The van der Waals surface area contributed by atoms with Crippen LogP contribution in [0.5, 0.6) is 0 Å². The normalized spacial score (nSPS) is 22.2. The van der Waals surface area contributed by atoms with Gasteiger partial charge in [0.2, 0.25) is 0 Å². The Kier molecular flexibility index (Phi) is 5.21. The van der Waals surface area contributed by atoms with Crippen LogP contribution < -0.4 is 5.32 Å². The molecule has 0 spiro atoms. The van der Waals surface area contributed by atoms with Crippen LogP contribution in [0, 0.1) is 0 Å². The van der Waals surface area contributed by atoms with Crippen LogP contribution in [0.4, 0.5) is 0 Å². The molecule has 0 bridgehead atoms. The van der Waals surface area contributed by atoms with E-state index >= 15 is 0 Å². The fourth-order valence-electron chi connectivity index (χ4n) is 2.37. The largest absolute Gasteiger partial charge is 0.465 e. The second kappa shape index (κ2) is 6.70. The summed E-state index contributed by atoms with van der Waals surface area (Å²) in [6.07, 6.45) is 0. The van der Waals surface area contributed by atoms with E-state index in [1.165, 1.54) is 11.3 Å². The highest BCUT2D eigenvalue weighted by Crippen LogP contribution is 2.30. The lowest BCUT2D eigenvalue weighted by atomic mass is 10.1. The molecule has 19 heavy (non-hydrogen) atoms. The molecule has 1 aromatic rings. The van der Waals surface area contributed by atoms with Crippen LogP contribution in [-0.2, 0) is 9.53 Å². The van der Waals surface area contributed by atoms with Crippen molar-refractivity contribution in [3.05, 3.63) is 21.3 Å². The van der Waals surface area contributed by atoms with E-state index in [4.69, 9.17) is 16.3 Å². The van der Waals surface area contributed by atoms with Gasteiger partial charge in [0.15, 0.2) is 0 Å². The number of nitrogens with zero attached hydrogens (tertiary/aromatic N) is 1. The van der Waals surface area contributed by atoms with Gasteiger partial charge >= 0.3 is 5.97 Å². The first-order valence-electron chi connectivity index (χ1n) is 6.50. The van der Waals surface area contributed by atoms with Gasteiger partial charge in [-0.2, -0.15) is 0 Å². The fourth-order valence-corrected chi connectivity index (χ4v) is 3.35. The van der Waals surface area contributed by atoms with E-state index in [0.717, 1.165) is 23.0 Å². The van der Waals surface area contributed by atoms with Gasteiger partial charge in [-0.15, -0.1) is 11.3 Å². The van der Waals surface area contributed by atoms with Gasteiger partial charge in [-0.05, 0) is 30.9 Å². The van der Waals surface area contributed by atoms with Gasteiger partial charge in [0, 0.05) is 25.7 Å². The van der Waals surface area contributed by atoms with Crippen LogP contribution in [0.3, 0.4) is 0 Å². The first-order valence-corrected chi connectivity index (χ1v) is 7.76. The molecule has 106 valence electrons. The summed E-state index contributed by atoms with van der Waals surface area (Å²) in [6.45, 7) is 6.72. The molecule has 1 saturated heterocycles. The summed E-state index contributed by atoms with van der Waals surface area (Å²) in [4.78, 5) is 14.2. The average Bonchev–Trinajstić information content (AvgIpc) is 2.85. The number of hydrogen-bond acceptors (Lipinski definition) is 5. The van der Waals surface area contributed by atoms with Crippen molar-refractivity contribution < 1.29 is 9.53 Å². The van der Waals surface area contributed by atoms with Crippen LogP contribution in [-0.4, -0.2) is 43.2 Å². The topological polar surface area (TPSA) is 41.6 Å². The van der Waals surface area contributed by atoms with Crippen LogP contribution >= 0.6 is 22.9 Å². The zero-order chi connectivity index (χ0) is 13.8. The molecule has 1 aliphatic heterocycles. The van der Waals surface area contributed by atoms with Gasteiger partial charge in [0.1, 0.15) is 6.04 Å². The van der Waals surface area contributed by atoms with Crippen molar-refractivity contribution in [3.8, 4) is 0 Å². The molecule has 6 heteroatoms. The predicted octanol–water partition coefficient (Wildman–Crippen LogP) is 2.30. The molecular weight excluding hydrogens is 284 g/mol. The van der Waals surface area contributed by atoms with Crippen LogP contribution in [0.25, 0.3) is 0 Å². The van der Waals surface area contributed by atoms with Crippen molar-refractivity contribution in [1.29, 1.82) is 0 Å². The summed E-state index contributed by atoms with van der Waals surface area (Å²) < 4.78 is 5.94. The van der Waals surface area contributed by atoms with Crippen molar-refractivity contribution >= 4 is 28.9 Å². The molecule has 1 aromatic heterocycles. The minimum Gasteiger partial charge on any atom is -0.465 e. The Bertz CT molecular complexity index is 438. The summed E-state index contributed by atoms with van der Waals surface area (Å²) in [5.41, 5.74) is 1.16. The third-order valence-corrected chi connectivity index (χ3v) is 4.52. The lowest BCUT2D eigenvalue weighted by molar-refractivity contribution is -0.151. The highest BCUT2D eigenvalue weighted by atomic mass is 35.5. The van der Waals surface area contributed by atoms with Crippen molar-refractivity contribution in [1.82, 2.24) is 10.2 Å². The minimum atomic E-state index is -0.220. The first kappa shape index (κ1) is 14.8. The van der Waals surface area contributed by atoms with Crippen LogP contribution in [0.2, 0.25) is 4.34 Å². The average molecular weight is 303 g/mol. The molecule has 0 saturated carbocycles. The monoisotopic (exact) mass is 302 g/mol. The van der Waals surface area contributed by atoms with E-state index in [0.29, 0.717) is 13.2 Å². The Morgan fingerprint density at radius 3 is 3.16 bits per heavy atom. The van der Waals surface area contributed by atoms with Gasteiger partial charge in [0.25, 0.3) is 0 Å². The van der Waals surface area contributed by atoms with E-state index in [9.17, 15) is 4.79 Å². The lowest BCUT2D eigenvalue weighted by Crippen LogP contribution is -2.55. The summed E-state index contributed by atoms with van der Waals surface area (Å²) >= 11 is 7.51. The third kappa shape index (κ3) is 3.48. The van der Waals surface area contributed by atoms with E-state index in [1.807, 2.05) is 13.0 Å². The summed E-state index contributed by atoms with van der Waals surface area (Å²) in [6, 6.07) is 1.92. The van der Waals surface area contributed by atoms with Gasteiger partial charge in [-0.1, -0.05) is 11.6 Å². The Morgan fingerprint density at radius 2 is 2.53 bits per heavy atom. The highest BCUT2D eigenvalue weighted by molar-refractivity contribution is 7.14. The molecule has 1 fully saturated rings. The molecule has 4 nitrogen and oxygen atoms in total. The molecule has 0 aromatic carbocycles. The third-order valence-electron chi connectivity index (χ3n) is 3.41. The number of halogens is 1. The summed E-state index contributed by atoms with van der Waals surface area (Å²) in [5, 5.41) is 5.30. The van der Waals surface area contributed by atoms with Crippen LogP contribution in [0.1, 0.15) is 25.5 Å². The van der Waals surface area contributed by atoms with E-state index in [1.54, 1.807) is 0 Å². The standard InChI is InChI=1S/C13H19ClN2O2S/c1-3-18-13(17)11-7-15-4-5-16(11)9(2)10-6-12(14)19-8-10/h6,8-9,11,15H,3-5,7H2,1-2H3. The molecule has 1 aliphatic rings. The molecule has 2 unspecified atom stereocenters. The number of hydrogen-bond donors (Lipinski definition) is 1. The molecule has 2 heterocycles. The minimum absolute atomic E-state index is 0.150. The molecule has 2 rings (SSSR count). The molecular formula is C13H19ClN2O2S. The molecule has 0 amide bonds. The van der Waals surface area contributed by atoms with Gasteiger partial charge in [0.05, 0.1) is 10.9 Å². The highest BCUT2D eigenvalue weighted by Gasteiger charge is 2.33. The zero-order valence-electron chi connectivity index (χ0n) is 11.2. The number of esters is 1. The Labute approximate surface area is 122 Å². The van der Waals surface area contributed by atoms with Crippen LogP contribution in [0.15, 0.2) is 11.4 Å². The Morgan fingerprint density at radius 1 is 1.74 bits per heavy atom. The fraction of sp³-hybridized carbons (Fsp3) is 0.615. The quantitative estimate of drug-likeness (QED) is 0.867. The van der Waals surface area contributed by atoms with Gasteiger partial charge in [-0.25, -0.2) is 0 Å². The van der Waals surface area contributed by atoms with E-state index in [2.05, 4.69) is 22.5 Å². The van der Waals surface area contributed by atoms with Gasteiger partial charge < -0.3 is 10.1 Å². The number of thiophene rings is 1. The molecule has 1 N–H and O–H groups in total. The second-order valence-electron chi connectivity index (χ2n) is 4.57. The maximum absolute atomic E-state index is 12.0. The molecule has 0 aliphatic carbocycles. The SMILES string of the molecule is CCOC(=O)C1CNCCN1C(C)c1csc(Cl)c1. The molecule has 0 radical (unpaired) electrons. The number of rotatable bonds is 4. The number of ether oxygens (including phenoxy) is 1. The number of carbonyl (C=O) groups excluding carboxylic acids is 1. The summed E-state index contributed by atoms with van der Waals surface area (Å²) in [7, 11) is 0. The van der Waals surface area contributed by atoms with E-state index < -0.39 is 0 Å². The number of nitrogens with one attached hydrogen (secondary N) is 1. The summed E-state index contributed by atoms with van der Waals surface area (Å²) in [5.74, 6) is -0.150. The Hall–Kier alpha value is -0.620.